The lowest BCUT2D eigenvalue weighted by Crippen LogP contribution is -2.45. The van der Waals surface area contributed by atoms with Crippen LogP contribution in [0.4, 0.5) is 11.4 Å². The van der Waals surface area contributed by atoms with Crippen LogP contribution in [0.3, 0.4) is 0 Å². The predicted octanol–water partition coefficient (Wildman–Crippen LogP) is 0.726. The number of hydrogen-bond donors (Lipinski definition) is 3. The van der Waals surface area contributed by atoms with E-state index in [-0.39, 0.29) is 24.4 Å². The van der Waals surface area contributed by atoms with Crippen molar-refractivity contribution in [2.75, 3.05) is 31.2 Å². The number of benzene rings is 1. The summed E-state index contributed by atoms with van der Waals surface area (Å²) in [5.41, 5.74) is 8.02. The largest absolute Gasteiger partial charge is 0.399 e. The molecule has 1 aliphatic rings. The fourth-order valence-electron chi connectivity index (χ4n) is 2.63. The highest BCUT2D eigenvalue weighted by Gasteiger charge is 2.31. The molecule has 1 unspecified atom stereocenters. The highest BCUT2D eigenvalue weighted by Crippen LogP contribution is 2.20. The molecule has 1 atom stereocenters. The van der Waals surface area contributed by atoms with Crippen LogP contribution in [0.2, 0.25) is 0 Å². The number of anilines is 2. The minimum atomic E-state index is -0.206. The zero-order chi connectivity index (χ0) is 15.4. The molecule has 114 valence electrons. The van der Waals surface area contributed by atoms with E-state index in [4.69, 9.17) is 5.73 Å². The van der Waals surface area contributed by atoms with Gasteiger partial charge in [0.25, 0.3) is 0 Å². The van der Waals surface area contributed by atoms with E-state index in [9.17, 15) is 9.59 Å². The van der Waals surface area contributed by atoms with Crippen molar-refractivity contribution in [3.63, 3.8) is 0 Å². The Labute approximate surface area is 124 Å². The Hall–Kier alpha value is -2.08. The maximum Gasteiger partial charge on any atom is 0.238 e. The van der Waals surface area contributed by atoms with Crippen LogP contribution in [-0.4, -0.2) is 42.9 Å². The smallest absolute Gasteiger partial charge is 0.238 e. The minimum Gasteiger partial charge on any atom is -0.399 e. The first-order valence-electron chi connectivity index (χ1n) is 7.13. The summed E-state index contributed by atoms with van der Waals surface area (Å²) in [5, 5.41) is 5.51. The zero-order valence-electron chi connectivity index (χ0n) is 12.5. The van der Waals surface area contributed by atoms with Crippen molar-refractivity contribution in [2.24, 2.45) is 0 Å². The third-order valence-corrected chi connectivity index (χ3v) is 3.80. The Morgan fingerprint density at radius 2 is 2.19 bits per heavy atom. The van der Waals surface area contributed by atoms with Crippen LogP contribution in [-0.2, 0) is 9.59 Å². The Morgan fingerprint density at radius 1 is 1.43 bits per heavy atom. The molecule has 0 radical (unpaired) electrons. The van der Waals surface area contributed by atoms with E-state index in [1.54, 1.807) is 19.2 Å². The molecule has 0 bridgehead atoms. The van der Waals surface area contributed by atoms with Crippen LogP contribution in [0.5, 0.6) is 0 Å². The van der Waals surface area contributed by atoms with Gasteiger partial charge in [0, 0.05) is 18.4 Å². The summed E-state index contributed by atoms with van der Waals surface area (Å²) >= 11 is 0. The molecular formula is C15H22N4O2. The lowest BCUT2D eigenvalue weighted by atomic mass is 10.2. The highest BCUT2D eigenvalue weighted by molar-refractivity contribution is 5.94. The third kappa shape index (κ3) is 3.72. The number of carbonyl (C=O) groups excluding carboxylic acids is 2. The number of nitrogens with zero attached hydrogens (tertiary/aromatic N) is 1. The lowest BCUT2D eigenvalue weighted by Gasteiger charge is -2.22. The van der Waals surface area contributed by atoms with Crippen molar-refractivity contribution in [2.45, 2.75) is 25.8 Å². The van der Waals surface area contributed by atoms with E-state index in [0.29, 0.717) is 5.69 Å². The summed E-state index contributed by atoms with van der Waals surface area (Å²) in [6.45, 7) is 2.89. The molecule has 0 aromatic heterocycles. The van der Waals surface area contributed by atoms with E-state index in [1.807, 2.05) is 17.9 Å². The van der Waals surface area contributed by atoms with Gasteiger partial charge in [-0.25, -0.2) is 0 Å². The summed E-state index contributed by atoms with van der Waals surface area (Å²) < 4.78 is 0. The first-order chi connectivity index (χ1) is 10.0. The van der Waals surface area contributed by atoms with Crippen molar-refractivity contribution < 1.29 is 9.59 Å². The van der Waals surface area contributed by atoms with Crippen LogP contribution >= 0.6 is 0 Å². The molecule has 1 heterocycles. The first-order valence-corrected chi connectivity index (χ1v) is 7.13. The van der Waals surface area contributed by atoms with Gasteiger partial charge in [0.05, 0.1) is 12.6 Å². The Kier molecular flexibility index (Phi) is 4.80. The monoisotopic (exact) mass is 290 g/mol. The Morgan fingerprint density at radius 3 is 2.90 bits per heavy atom. The number of likely N-dealkylation sites (tertiary alicyclic amines) is 1. The number of nitrogen functional groups attached to an aromatic ring is 1. The van der Waals surface area contributed by atoms with Gasteiger partial charge in [-0.1, -0.05) is 6.07 Å². The van der Waals surface area contributed by atoms with E-state index >= 15 is 0 Å². The number of amides is 2. The fourth-order valence-corrected chi connectivity index (χ4v) is 2.63. The zero-order valence-corrected chi connectivity index (χ0v) is 12.5. The summed E-state index contributed by atoms with van der Waals surface area (Å²) in [5.74, 6) is -0.153. The lowest BCUT2D eigenvalue weighted by molar-refractivity contribution is -0.126. The van der Waals surface area contributed by atoms with Gasteiger partial charge >= 0.3 is 0 Å². The molecule has 6 nitrogen and oxygen atoms in total. The molecule has 1 aliphatic heterocycles. The summed E-state index contributed by atoms with van der Waals surface area (Å²) in [7, 11) is 1.62. The number of likely N-dealkylation sites (N-methyl/N-ethyl adjacent to an activating group) is 1. The maximum absolute atomic E-state index is 12.2. The van der Waals surface area contributed by atoms with Gasteiger partial charge in [0.2, 0.25) is 11.8 Å². The van der Waals surface area contributed by atoms with Gasteiger partial charge in [-0.15, -0.1) is 0 Å². The number of nitrogens with one attached hydrogen (secondary N) is 2. The second-order valence-corrected chi connectivity index (χ2v) is 5.37. The summed E-state index contributed by atoms with van der Waals surface area (Å²) in [6, 6.07) is 5.21. The summed E-state index contributed by atoms with van der Waals surface area (Å²) in [6.07, 6.45) is 1.73. The second kappa shape index (κ2) is 6.58. The van der Waals surface area contributed by atoms with E-state index < -0.39 is 0 Å². The normalized spacial score (nSPS) is 18.5. The quantitative estimate of drug-likeness (QED) is 0.713. The van der Waals surface area contributed by atoms with E-state index in [1.165, 1.54) is 0 Å². The molecule has 1 fully saturated rings. The SMILES string of the molecule is CNC(=O)C1CCCN1CC(=O)Nc1cc(N)ccc1C. The molecule has 1 aromatic rings. The molecule has 0 saturated carbocycles. The number of carbonyl (C=O) groups is 2. The fraction of sp³-hybridized carbons (Fsp3) is 0.467. The van der Waals surface area contributed by atoms with Crippen LogP contribution in [0.15, 0.2) is 18.2 Å². The molecule has 1 saturated heterocycles. The van der Waals surface area contributed by atoms with Crippen LogP contribution in [0.1, 0.15) is 18.4 Å². The molecule has 1 aromatic carbocycles. The number of rotatable bonds is 4. The maximum atomic E-state index is 12.2. The van der Waals surface area contributed by atoms with Crippen molar-refractivity contribution >= 4 is 23.2 Å². The molecule has 4 N–H and O–H groups in total. The number of nitrogens with two attached hydrogens (primary N) is 1. The van der Waals surface area contributed by atoms with Crippen molar-refractivity contribution in [1.29, 1.82) is 0 Å². The summed E-state index contributed by atoms with van der Waals surface area (Å²) in [4.78, 5) is 25.8. The van der Waals surface area contributed by atoms with Gasteiger partial charge in [-0.05, 0) is 44.0 Å². The Balaban J connectivity index is 1.98. The molecule has 0 spiro atoms. The van der Waals surface area contributed by atoms with Crippen molar-refractivity contribution in [1.82, 2.24) is 10.2 Å². The van der Waals surface area contributed by atoms with Crippen LogP contribution in [0.25, 0.3) is 0 Å². The topological polar surface area (TPSA) is 87.5 Å². The third-order valence-electron chi connectivity index (χ3n) is 3.80. The molecule has 6 heteroatoms. The first kappa shape index (κ1) is 15.3. The number of aryl methyl sites for hydroxylation is 1. The average Bonchev–Trinajstić information content (AvgIpc) is 2.90. The predicted molar refractivity (Wildman–Crippen MR) is 82.9 cm³/mol. The molecular weight excluding hydrogens is 268 g/mol. The number of hydrogen-bond acceptors (Lipinski definition) is 4. The minimum absolute atomic E-state index is 0.0274. The van der Waals surface area contributed by atoms with Gasteiger partial charge in [-0.3, -0.25) is 14.5 Å². The van der Waals surface area contributed by atoms with Gasteiger partial charge in [-0.2, -0.15) is 0 Å². The standard InChI is InChI=1S/C15H22N4O2/c1-10-5-6-11(16)8-12(10)18-14(20)9-19-7-3-4-13(19)15(21)17-2/h5-6,8,13H,3-4,7,9,16H2,1-2H3,(H,17,21)(H,18,20). The van der Waals surface area contributed by atoms with Crippen LogP contribution < -0.4 is 16.4 Å². The van der Waals surface area contributed by atoms with E-state index in [0.717, 1.165) is 30.6 Å². The van der Waals surface area contributed by atoms with E-state index in [2.05, 4.69) is 10.6 Å². The average molecular weight is 290 g/mol. The molecule has 21 heavy (non-hydrogen) atoms. The van der Waals surface area contributed by atoms with Crippen molar-refractivity contribution in [3.8, 4) is 0 Å². The van der Waals surface area contributed by atoms with Crippen LogP contribution in [0, 0.1) is 6.92 Å². The Bertz CT molecular complexity index is 544. The highest BCUT2D eigenvalue weighted by atomic mass is 16.2. The molecule has 0 aliphatic carbocycles. The van der Waals surface area contributed by atoms with Gasteiger partial charge in [0.15, 0.2) is 0 Å². The molecule has 2 rings (SSSR count). The molecule has 2 amide bonds. The van der Waals surface area contributed by atoms with Gasteiger partial charge in [0.1, 0.15) is 0 Å². The van der Waals surface area contributed by atoms with Crippen molar-refractivity contribution in [3.05, 3.63) is 23.8 Å². The second-order valence-electron chi connectivity index (χ2n) is 5.37. The van der Waals surface area contributed by atoms with Gasteiger partial charge < -0.3 is 16.4 Å².